The lowest BCUT2D eigenvalue weighted by molar-refractivity contribution is 0.229. The summed E-state index contributed by atoms with van der Waals surface area (Å²) in [4.78, 5) is 0. The van der Waals surface area contributed by atoms with Gasteiger partial charge in [0.1, 0.15) is 11.9 Å². The smallest absolute Gasteiger partial charge is 0.143 e. The number of hydrogen-bond donors (Lipinski definition) is 2. The van der Waals surface area contributed by atoms with E-state index < -0.39 is 0 Å². The summed E-state index contributed by atoms with van der Waals surface area (Å²) in [6, 6.07) is 17.4. The topological polar surface area (TPSA) is 33.3 Å². The zero-order valence-electron chi connectivity index (χ0n) is 15.7. The van der Waals surface area contributed by atoms with Crippen LogP contribution in [0.25, 0.3) is 0 Å². The Morgan fingerprint density at radius 3 is 2.29 bits per heavy atom. The molecule has 0 fully saturated rings. The summed E-state index contributed by atoms with van der Waals surface area (Å²) < 4.78 is 5.84. The van der Waals surface area contributed by atoms with Gasteiger partial charge in [0.2, 0.25) is 0 Å². The molecule has 4 aliphatic rings. The fourth-order valence-electron chi connectivity index (χ4n) is 4.12. The van der Waals surface area contributed by atoms with Gasteiger partial charge in [-0.25, -0.2) is 0 Å². The maximum atomic E-state index is 5.84. The lowest BCUT2D eigenvalue weighted by atomic mass is 9.85. The second-order valence-corrected chi connectivity index (χ2v) is 7.48. The number of hydrogen-bond acceptors (Lipinski definition) is 3. The lowest BCUT2D eigenvalue weighted by Crippen LogP contribution is -2.39. The van der Waals surface area contributed by atoms with Gasteiger partial charge in [-0.3, -0.25) is 0 Å². The molecule has 2 heterocycles. The minimum absolute atomic E-state index is 0.134. The summed E-state index contributed by atoms with van der Waals surface area (Å²) in [6.07, 6.45) is 18.4. The van der Waals surface area contributed by atoms with E-state index in [0.717, 1.165) is 17.9 Å². The normalized spacial score (nSPS) is 27.4. The monoisotopic (exact) mass is 368 g/mol. The summed E-state index contributed by atoms with van der Waals surface area (Å²) in [5.74, 6) is 1.57. The van der Waals surface area contributed by atoms with Gasteiger partial charge in [-0.1, -0.05) is 72.9 Å². The molecule has 2 aromatic rings. The molecule has 4 unspecified atom stereocenters. The van der Waals surface area contributed by atoms with Crippen LogP contribution in [0.3, 0.4) is 0 Å². The molecule has 0 saturated carbocycles. The summed E-state index contributed by atoms with van der Waals surface area (Å²) in [7, 11) is 0. The highest BCUT2D eigenvalue weighted by molar-refractivity contribution is 5.60. The summed E-state index contributed by atoms with van der Waals surface area (Å²) in [6.45, 7) is 0. The van der Waals surface area contributed by atoms with Crippen molar-refractivity contribution in [3.63, 3.8) is 0 Å². The van der Waals surface area contributed by atoms with E-state index in [1.165, 1.54) is 11.3 Å². The van der Waals surface area contributed by atoms with Crippen molar-refractivity contribution in [2.24, 2.45) is 5.92 Å². The average molecular weight is 368 g/mol. The summed E-state index contributed by atoms with van der Waals surface area (Å²) >= 11 is 0. The lowest BCUT2D eigenvalue weighted by Gasteiger charge is -2.32. The van der Waals surface area contributed by atoms with Gasteiger partial charge in [-0.05, 0) is 36.3 Å². The third-order valence-electron chi connectivity index (χ3n) is 5.60. The molecule has 0 amide bonds. The second kappa shape index (κ2) is 7.43. The highest BCUT2D eigenvalue weighted by Crippen LogP contribution is 2.32. The van der Waals surface area contributed by atoms with Crippen LogP contribution in [0.2, 0.25) is 0 Å². The van der Waals surface area contributed by atoms with Crippen molar-refractivity contribution in [3.8, 4) is 5.75 Å². The molecule has 6 rings (SSSR count). The van der Waals surface area contributed by atoms with Crippen LogP contribution in [-0.2, 0) is 6.42 Å². The molecule has 2 aromatic carbocycles. The highest BCUT2D eigenvalue weighted by atomic mass is 16.5. The Morgan fingerprint density at radius 2 is 1.36 bits per heavy atom. The number of allylic oxidation sites excluding steroid dienone is 4. The Hall–Kier alpha value is -3.20. The number of ether oxygens (including phenoxy) is 1. The van der Waals surface area contributed by atoms with Crippen molar-refractivity contribution in [2.45, 2.75) is 24.6 Å². The molecule has 0 bridgehead atoms. The van der Waals surface area contributed by atoms with Gasteiger partial charge in [0.25, 0.3) is 0 Å². The van der Waals surface area contributed by atoms with Gasteiger partial charge >= 0.3 is 0 Å². The molecule has 28 heavy (non-hydrogen) atoms. The quantitative estimate of drug-likeness (QED) is 0.677. The second-order valence-electron chi connectivity index (χ2n) is 7.48. The first-order valence-corrected chi connectivity index (χ1v) is 9.93. The van der Waals surface area contributed by atoms with Gasteiger partial charge in [-0.15, -0.1) is 0 Å². The predicted molar refractivity (Wildman–Crippen MR) is 116 cm³/mol. The van der Waals surface area contributed by atoms with E-state index in [0.29, 0.717) is 12.0 Å². The first-order valence-electron chi connectivity index (χ1n) is 9.93. The molecule has 2 aliphatic carbocycles. The summed E-state index contributed by atoms with van der Waals surface area (Å²) in [5, 5.41) is 7.00. The van der Waals surface area contributed by atoms with Gasteiger partial charge in [0.05, 0.1) is 17.8 Å². The van der Waals surface area contributed by atoms with Crippen LogP contribution in [-0.4, -0.2) is 18.2 Å². The third-order valence-corrected chi connectivity index (χ3v) is 5.60. The van der Waals surface area contributed by atoms with E-state index in [-0.39, 0.29) is 12.1 Å². The van der Waals surface area contributed by atoms with Gasteiger partial charge in [0.15, 0.2) is 0 Å². The van der Waals surface area contributed by atoms with Crippen LogP contribution < -0.4 is 15.4 Å². The van der Waals surface area contributed by atoms with Gasteiger partial charge < -0.3 is 15.4 Å². The molecular formula is C25H24N2O. The zero-order chi connectivity index (χ0) is 18.8. The fraction of sp³-hybridized carbons (Fsp3) is 0.200. The number of para-hydroxylation sites is 3. The standard InChI is InChI=1S/C13H13N.C12H11NO/c1-3-7-12-10(5-1)9-11-6-2-4-8-13(11)14-12;1-3-7-11-9(5-1)13-10-6-2-4-8-12(10)14-11/h1-8,10,12,14H,9H2;1-9,11,13H. The third kappa shape index (κ3) is 3.36. The van der Waals surface area contributed by atoms with Crippen molar-refractivity contribution in [1.82, 2.24) is 0 Å². The Kier molecular flexibility index (Phi) is 4.50. The average Bonchev–Trinajstić information content (AvgIpc) is 2.76. The van der Waals surface area contributed by atoms with Crippen molar-refractivity contribution >= 4 is 11.4 Å². The maximum Gasteiger partial charge on any atom is 0.143 e. The summed E-state index contributed by atoms with van der Waals surface area (Å²) in [5.41, 5.74) is 3.82. The van der Waals surface area contributed by atoms with Crippen molar-refractivity contribution in [1.29, 1.82) is 0 Å². The number of fused-ring (bicyclic) bond motifs is 4. The molecular weight excluding hydrogens is 344 g/mol. The predicted octanol–water partition coefficient (Wildman–Crippen LogP) is 5.12. The van der Waals surface area contributed by atoms with E-state index in [2.05, 4.69) is 71.4 Å². The zero-order valence-corrected chi connectivity index (χ0v) is 15.7. The molecule has 4 atom stereocenters. The SMILES string of the molecule is C1=CC2Cc3ccccc3NC2C=C1.C1=CC2Nc3ccccc3OC2C=C1. The van der Waals surface area contributed by atoms with E-state index in [1.54, 1.807) is 0 Å². The van der Waals surface area contributed by atoms with Crippen LogP contribution in [0.1, 0.15) is 5.56 Å². The van der Waals surface area contributed by atoms with Crippen molar-refractivity contribution in [2.75, 3.05) is 10.6 Å². The highest BCUT2D eigenvalue weighted by Gasteiger charge is 2.26. The van der Waals surface area contributed by atoms with Crippen molar-refractivity contribution in [3.05, 3.63) is 103 Å². The molecule has 0 spiro atoms. The van der Waals surface area contributed by atoms with Crippen LogP contribution in [0.4, 0.5) is 11.4 Å². The molecule has 2 N–H and O–H groups in total. The molecule has 140 valence electrons. The van der Waals surface area contributed by atoms with Crippen LogP contribution in [0.15, 0.2) is 97.1 Å². The minimum atomic E-state index is 0.134. The van der Waals surface area contributed by atoms with Crippen molar-refractivity contribution < 1.29 is 4.74 Å². The van der Waals surface area contributed by atoms with E-state index in [4.69, 9.17) is 4.74 Å². The Labute approximate surface area is 166 Å². The van der Waals surface area contributed by atoms with Crippen LogP contribution in [0, 0.1) is 5.92 Å². The van der Waals surface area contributed by atoms with E-state index >= 15 is 0 Å². The number of nitrogens with one attached hydrogen (secondary N) is 2. The molecule has 0 aromatic heterocycles. The number of rotatable bonds is 0. The molecule has 2 aliphatic heterocycles. The van der Waals surface area contributed by atoms with Gasteiger partial charge in [-0.2, -0.15) is 0 Å². The Morgan fingerprint density at radius 1 is 0.679 bits per heavy atom. The Balaban J connectivity index is 0.000000122. The number of anilines is 2. The molecule has 3 heteroatoms. The minimum Gasteiger partial charge on any atom is -0.482 e. The number of benzene rings is 2. The van der Waals surface area contributed by atoms with Crippen LogP contribution in [0.5, 0.6) is 5.75 Å². The first kappa shape index (κ1) is 16.9. The fourth-order valence-corrected chi connectivity index (χ4v) is 4.12. The molecule has 3 nitrogen and oxygen atoms in total. The van der Waals surface area contributed by atoms with Crippen LogP contribution >= 0.6 is 0 Å². The van der Waals surface area contributed by atoms with E-state index in [1.807, 2.05) is 36.4 Å². The molecule has 0 radical (unpaired) electrons. The maximum absolute atomic E-state index is 5.84. The Bertz CT molecular complexity index is 815. The largest absolute Gasteiger partial charge is 0.482 e. The van der Waals surface area contributed by atoms with E-state index in [9.17, 15) is 0 Å². The van der Waals surface area contributed by atoms with Gasteiger partial charge in [0, 0.05) is 11.6 Å². The molecule has 0 saturated heterocycles. The first-order chi connectivity index (χ1) is 13.9.